The minimum atomic E-state index is -4.68. The first-order valence-electron chi connectivity index (χ1n) is 6.24. The van der Waals surface area contributed by atoms with Crippen molar-refractivity contribution in [2.45, 2.75) is 32.2 Å². The van der Waals surface area contributed by atoms with Crippen molar-refractivity contribution in [1.82, 2.24) is 5.32 Å². The van der Waals surface area contributed by atoms with Gasteiger partial charge in [0.05, 0.1) is 18.6 Å². The van der Waals surface area contributed by atoms with E-state index in [1.807, 2.05) is 0 Å². The summed E-state index contributed by atoms with van der Waals surface area (Å²) >= 11 is 0. The molecule has 0 aliphatic carbocycles. The Morgan fingerprint density at radius 1 is 1.10 bits per heavy atom. The van der Waals surface area contributed by atoms with E-state index in [0.29, 0.717) is 12.1 Å². The van der Waals surface area contributed by atoms with Gasteiger partial charge in [0, 0.05) is 6.54 Å². The zero-order valence-corrected chi connectivity index (χ0v) is 11.2. The van der Waals surface area contributed by atoms with Gasteiger partial charge in [-0.25, -0.2) is 0 Å². The van der Waals surface area contributed by atoms with Crippen LogP contribution in [0.5, 0.6) is 5.75 Å². The first kappa shape index (κ1) is 17.6. The van der Waals surface area contributed by atoms with Gasteiger partial charge in [0.2, 0.25) is 0 Å². The van der Waals surface area contributed by atoms with Crippen molar-refractivity contribution in [3.05, 3.63) is 29.3 Å². The number of ether oxygens (including phenoxy) is 1. The number of nitrogens with one attached hydrogen (secondary N) is 1. The molecule has 0 heterocycles. The fraction of sp³-hybridized carbons (Fsp3) is 0.538. The molecule has 0 amide bonds. The molecular formula is C13H15F6NO. The van der Waals surface area contributed by atoms with Crippen molar-refractivity contribution in [2.24, 2.45) is 0 Å². The lowest BCUT2D eigenvalue weighted by atomic mass is 10.1. The number of benzene rings is 1. The third-order valence-electron chi connectivity index (χ3n) is 2.57. The highest BCUT2D eigenvalue weighted by atomic mass is 19.4. The van der Waals surface area contributed by atoms with Crippen molar-refractivity contribution in [3.63, 3.8) is 0 Å². The smallest absolute Gasteiger partial charge is 0.419 e. The van der Waals surface area contributed by atoms with Crippen LogP contribution >= 0.6 is 0 Å². The number of rotatable bonds is 6. The Morgan fingerprint density at radius 3 is 2.29 bits per heavy atom. The van der Waals surface area contributed by atoms with Gasteiger partial charge >= 0.3 is 12.4 Å². The lowest BCUT2D eigenvalue weighted by Crippen LogP contribution is -2.16. The van der Waals surface area contributed by atoms with Crippen LogP contribution in [0.2, 0.25) is 0 Å². The topological polar surface area (TPSA) is 21.3 Å². The Labute approximate surface area is 118 Å². The van der Waals surface area contributed by atoms with Crippen LogP contribution in [0.1, 0.15) is 24.5 Å². The molecule has 2 nitrogen and oxygen atoms in total. The van der Waals surface area contributed by atoms with Crippen LogP contribution in [-0.4, -0.2) is 19.3 Å². The fourth-order valence-corrected chi connectivity index (χ4v) is 1.58. The highest BCUT2D eigenvalue weighted by Gasteiger charge is 2.35. The summed E-state index contributed by atoms with van der Waals surface area (Å²) in [6.07, 6.45) is -10.5. The van der Waals surface area contributed by atoms with Gasteiger partial charge in [-0.05, 0) is 24.2 Å². The van der Waals surface area contributed by atoms with Gasteiger partial charge in [-0.15, -0.1) is 0 Å². The maximum atomic E-state index is 12.9. The summed E-state index contributed by atoms with van der Waals surface area (Å²) in [6.45, 7) is 1.78. The number of hydrogen-bond donors (Lipinski definition) is 1. The summed E-state index contributed by atoms with van der Waals surface area (Å²) in [6, 6.07) is 3.32. The first-order valence-corrected chi connectivity index (χ1v) is 6.24. The predicted molar refractivity (Wildman–Crippen MR) is 65.0 cm³/mol. The van der Waals surface area contributed by atoms with Crippen molar-refractivity contribution in [2.75, 3.05) is 13.2 Å². The summed E-state index contributed by atoms with van der Waals surface area (Å²) in [5.41, 5.74) is -0.688. The second-order valence-corrected chi connectivity index (χ2v) is 4.32. The second-order valence-electron chi connectivity index (χ2n) is 4.32. The maximum absolute atomic E-state index is 12.9. The van der Waals surface area contributed by atoms with Crippen LogP contribution in [0, 0.1) is 0 Å². The zero-order chi connectivity index (χ0) is 16.1. The predicted octanol–water partition coefficient (Wildman–Crippen LogP) is 4.15. The Kier molecular flexibility index (Phi) is 5.88. The molecule has 0 fully saturated rings. The molecule has 0 aliphatic rings. The molecule has 0 unspecified atom stereocenters. The molecule has 0 saturated carbocycles. The highest BCUT2D eigenvalue weighted by molar-refractivity contribution is 5.39. The molecule has 0 aliphatic heterocycles. The molecule has 0 saturated heterocycles. The summed E-state index contributed by atoms with van der Waals surface area (Å²) in [5.74, 6) is -0.591. The van der Waals surface area contributed by atoms with E-state index in [4.69, 9.17) is 0 Å². The first-order chi connectivity index (χ1) is 9.63. The molecule has 8 heteroatoms. The normalized spacial score (nSPS) is 12.5. The SMILES string of the molecule is CCNCc1ccc(OCCC(F)(F)F)c(C(F)(F)F)c1. The van der Waals surface area contributed by atoms with Crippen LogP contribution in [0.15, 0.2) is 18.2 Å². The Balaban J connectivity index is 2.87. The van der Waals surface area contributed by atoms with Gasteiger partial charge in [-0.1, -0.05) is 13.0 Å². The van der Waals surface area contributed by atoms with Crippen molar-refractivity contribution in [1.29, 1.82) is 0 Å². The molecule has 1 rings (SSSR count). The largest absolute Gasteiger partial charge is 0.493 e. The maximum Gasteiger partial charge on any atom is 0.419 e. The second kappa shape index (κ2) is 7.02. The monoisotopic (exact) mass is 315 g/mol. The van der Waals surface area contributed by atoms with Crippen molar-refractivity contribution in [3.8, 4) is 5.75 Å². The third-order valence-corrected chi connectivity index (χ3v) is 2.57. The fourth-order valence-electron chi connectivity index (χ4n) is 1.58. The quantitative estimate of drug-likeness (QED) is 0.797. The van der Waals surface area contributed by atoms with E-state index in [2.05, 4.69) is 10.1 Å². The van der Waals surface area contributed by atoms with E-state index < -0.39 is 36.7 Å². The molecule has 1 N–H and O–H groups in total. The van der Waals surface area contributed by atoms with E-state index in [-0.39, 0.29) is 6.54 Å². The molecule has 0 radical (unpaired) electrons. The van der Waals surface area contributed by atoms with E-state index in [0.717, 1.165) is 12.1 Å². The molecule has 0 aromatic heterocycles. The Bertz CT molecular complexity index is 455. The molecule has 0 bridgehead atoms. The molecular weight excluding hydrogens is 300 g/mol. The van der Waals surface area contributed by atoms with E-state index in [1.54, 1.807) is 6.92 Å². The van der Waals surface area contributed by atoms with Crippen molar-refractivity contribution < 1.29 is 31.1 Å². The summed E-state index contributed by atoms with van der Waals surface area (Å²) < 4.78 is 79.3. The van der Waals surface area contributed by atoms with Crippen LogP contribution in [0.25, 0.3) is 0 Å². The van der Waals surface area contributed by atoms with E-state index >= 15 is 0 Å². The van der Waals surface area contributed by atoms with Crippen LogP contribution < -0.4 is 10.1 Å². The van der Waals surface area contributed by atoms with Gasteiger partial charge in [0.15, 0.2) is 0 Å². The zero-order valence-electron chi connectivity index (χ0n) is 11.2. The summed E-state index contributed by atoms with van der Waals surface area (Å²) in [4.78, 5) is 0. The van der Waals surface area contributed by atoms with Gasteiger partial charge in [-0.3, -0.25) is 0 Å². The summed E-state index contributed by atoms with van der Waals surface area (Å²) in [7, 11) is 0. The van der Waals surface area contributed by atoms with Crippen LogP contribution in [0.3, 0.4) is 0 Å². The lowest BCUT2D eigenvalue weighted by molar-refractivity contribution is -0.143. The van der Waals surface area contributed by atoms with Crippen LogP contribution in [0.4, 0.5) is 26.3 Å². The molecule has 1 aromatic rings. The minimum absolute atomic E-state index is 0.239. The highest BCUT2D eigenvalue weighted by Crippen LogP contribution is 2.37. The lowest BCUT2D eigenvalue weighted by Gasteiger charge is -2.16. The average Bonchev–Trinajstić information content (AvgIpc) is 2.34. The molecule has 0 spiro atoms. The van der Waals surface area contributed by atoms with Crippen LogP contribution in [-0.2, 0) is 12.7 Å². The minimum Gasteiger partial charge on any atom is -0.493 e. The van der Waals surface area contributed by atoms with E-state index in [9.17, 15) is 26.3 Å². The number of alkyl halides is 6. The standard InChI is InChI=1S/C13H15F6NO/c1-2-20-8-9-3-4-11(10(7-9)13(17,18)19)21-6-5-12(14,15)16/h3-4,7,20H,2,5-6,8H2,1H3. The number of hydrogen-bond acceptors (Lipinski definition) is 2. The molecule has 0 atom stereocenters. The van der Waals surface area contributed by atoms with Gasteiger partial charge in [-0.2, -0.15) is 26.3 Å². The number of halogens is 6. The van der Waals surface area contributed by atoms with E-state index in [1.165, 1.54) is 6.07 Å². The summed E-state index contributed by atoms with van der Waals surface area (Å²) in [5, 5.41) is 2.87. The van der Waals surface area contributed by atoms with Crippen molar-refractivity contribution >= 4 is 0 Å². The van der Waals surface area contributed by atoms with Gasteiger partial charge in [0.1, 0.15) is 5.75 Å². The molecule has 21 heavy (non-hydrogen) atoms. The Hall–Kier alpha value is -1.44. The third kappa shape index (κ3) is 6.24. The average molecular weight is 315 g/mol. The molecule has 1 aromatic carbocycles. The Morgan fingerprint density at radius 2 is 1.76 bits per heavy atom. The molecule has 120 valence electrons. The van der Waals surface area contributed by atoms with Gasteiger partial charge in [0.25, 0.3) is 0 Å². The van der Waals surface area contributed by atoms with Gasteiger partial charge < -0.3 is 10.1 Å².